The number of carbonyl (C=O) groups excluding carboxylic acids is 1. The van der Waals surface area contributed by atoms with Crippen LogP contribution in [0.5, 0.6) is 0 Å². The van der Waals surface area contributed by atoms with Crippen molar-refractivity contribution in [2.24, 2.45) is 5.73 Å². The van der Waals surface area contributed by atoms with Gasteiger partial charge in [0.05, 0.1) is 5.56 Å². The number of pyridine rings is 1. The van der Waals surface area contributed by atoms with Crippen molar-refractivity contribution in [3.63, 3.8) is 0 Å². The van der Waals surface area contributed by atoms with Crippen LogP contribution < -0.4 is 11.1 Å². The Hall–Kier alpha value is -1.62. The van der Waals surface area contributed by atoms with Crippen LogP contribution in [0, 0.1) is 0 Å². The van der Waals surface area contributed by atoms with Gasteiger partial charge in [0, 0.05) is 33.4 Å². The minimum absolute atomic E-state index is 0.0483. The molecule has 0 aliphatic rings. The molecule has 1 rings (SSSR count). The zero-order chi connectivity index (χ0) is 11.3. The number of nitrogens with zero attached hydrogens (tertiary/aromatic N) is 2. The molecule has 3 N–H and O–H groups in total. The Balaban J connectivity index is 2.68. The predicted molar refractivity (Wildman–Crippen MR) is 59.8 cm³/mol. The topological polar surface area (TPSA) is 71.2 Å². The second kappa shape index (κ2) is 5.31. The van der Waals surface area contributed by atoms with Gasteiger partial charge in [0.25, 0.3) is 5.91 Å². The number of hydrogen-bond donors (Lipinski definition) is 2. The van der Waals surface area contributed by atoms with E-state index in [1.807, 2.05) is 0 Å². The minimum atomic E-state index is -0.0483. The molecule has 0 aliphatic carbocycles. The van der Waals surface area contributed by atoms with Crippen molar-refractivity contribution in [3.05, 3.63) is 23.9 Å². The first-order valence-electron chi connectivity index (χ1n) is 4.77. The summed E-state index contributed by atoms with van der Waals surface area (Å²) in [4.78, 5) is 17.1. The van der Waals surface area contributed by atoms with Crippen LogP contribution in [0.4, 0.5) is 5.82 Å². The van der Waals surface area contributed by atoms with Crippen molar-refractivity contribution in [2.75, 3.05) is 32.5 Å². The molecule has 0 spiro atoms. The third-order valence-electron chi connectivity index (χ3n) is 1.87. The molecule has 0 radical (unpaired) electrons. The standard InChI is InChI=1S/C10H16N4O/c1-14(2)10(15)8-3-4-9(13-7-8)12-6-5-11/h3-4,7H,5-6,11H2,1-2H3,(H,12,13). The summed E-state index contributed by atoms with van der Waals surface area (Å²) in [5.41, 5.74) is 5.92. The first-order chi connectivity index (χ1) is 7.15. The summed E-state index contributed by atoms with van der Waals surface area (Å²) in [6.07, 6.45) is 1.56. The van der Waals surface area contributed by atoms with Crippen molar-refractivity contribution >= 4 is 11.7 Å². The highest BCUT2D eigenvalue weighted by Gasteiger charge is 2.07. The largest absolute Gasteiger partial charge is 0.369 e. The van der Waals surface area contributed by atoms with E-state index in [4.69, 9.17) is 5.73 Å². The van der Waals surface area contributed by atoms with E-state index in [2.05, 4.69) is 10.3 Å². The molecule has 5 nitrogen and oxygen atoms in total. The molecule has 1 aromatic heterocycles. The summed E-state index contributed by atoms with van der Waals surface area (Å²) in [6.45, 7) is 1.23. The van der Waals surface area contributed by atoms with Crippen LogP contribution in [0.15, 0.2) is 18.3 Å². The van der Waals surface area contributed by atoms with Crippen LogP contribution >= 0.6 is 0 Å². The lowest BCUT2D eigenvalue weighted by Crippen LogP contribution is -2.22. The van der Waals surface area contributed by atoms with Crippen LogP contribution in [0.1, 0.15) is 10.4 Å². The fraction of sp³-hybridized carbons (Fsp3) is 0.400. The van der Waals surface area contributed by atoms with Gasteiger partial charge in [0.1, 0.15) is 5.82 Å². The maximum atomic E-state index is 11.5. The maximum absolute atomic E-state index is 11.5. The number of rotatable bonds is 4. The smallest absolute Gasteiger partial charge is 0.254 e. The van der Waals surface area contributed by atoms with E-state index >= 15 is 0 Å². The highest BCUT2D eigenvalue weighted by Crippen LogP contribution is 2.06. The van der Waals surface area contributed by atoms with Gasteiger partial charge in [-0.3, -0.25) is 4.79 Å². The Bertz CT molecular complexity index is 321. The number of hydrogen-bond acceptors (Lipinski definition) is 4. The van der Waals surface area contributed by atoms with Crippen LogP contribution in [0.25, 0.3) is 0 Å². The average molecular weight is 208 g/mol. The fourth-order valence-corrected chi connectivity index (χ4v) is 1.08. The Morgan fingerprint density at radius 2 is 2.27 bits per heavy atom. The summed E-state index contributed by atoms with van der Waals surface area (Å²) < 4.78 is 0. The molecule has 1 amide bonds. The normalized spacial score (nSPS) is 9.80. The molecule has 0 fully saturated rings. The van der Waals surface area contributed by atoms with Gasteiger partial charge in [-0.05, 0) is 12.1 Å². The average Bonchev–Trinajstić information content (AvgIpc) is 2.26. The van der Waals surface area contributed by atoms with Gasteiger partial charge in [-0.2, -0.15) is 0 Å². The van der Waals surface area contributed by atoms with Gasteiger partial charge < -0.3 is 16.0 Å². The first-order valence-corrected chi connectivity index (χ1v) is 4.77. The van der Waals surface area contributed by atoms with Crippen molar-refractivity contribution in [1.82, 2.24) is 9.88 Å². The number of aromatic nitrogens is 1. The zero-order valence-electron chi connectivity index (χ0n) is 9.03. The highest BCUT2D eigenvalue weighted by atomic mass is 16.2. The molecule has 1 aromatic rings. The number of anilines is 1. The SMILES string of the molecule is CN(C)C(=O)c1ccc(NCCN)nc1. The van der Waals surface area contributed by atoms with Gasteiger partial charge in [-0.1, -0.05) is 0 Å². The molecule has 0 saturated heterocycles. The monoisotopic (exact) mass is 208 g/mol. The summed E-state index contributed by atoms with van der Waals surface area (Å²) in [5.74, 6) is 0.684. The number of carbonyl (C=O) groups is 1. The predicted octanol–water partition coefficient (Wildman–Crippen LogP) is 0.154. The van der Waals surface area contributed by atoms with Crippen molar-refractivity contribution in [1.29, 1.82) is 0 Å². The number of amides is 1. The molecule has 0 bridgehead atoms. The summed E-state index contributed by atoms with van der Waals surface area (Å²) in [5, 5.41) is 3.03. The quantitative estimate of drug-likeness (QED) is 0.739. The van der Waals surface area contributed by atoms with Crippen molar-refractivity contribution in [2.45, 2.75) is 0 Å². The number of nitrogens with one attached hydrogen (secondary N) is 1. The maximum Gasteiger partial charge on any atom is 0.254 e. The Morgan fingerprint density at radius 1 is 1.53 bits per heavy atom. The van der Waals surface area contributed by atoms with E-state index in [1.54, 1.807) is 32.4 Å². The highest BCUT2D eigenvalue weighted by molar-refractivity contribution is 5.93. The first kappa shape index (κ1) is 11.5. The van der Waals surface area contributed by atoms with Gasteiger partial charge in [-0.15, -0.1) is 0 Å². The van der Waals surface area contributed by atoms with Crippen LogP contribution in [-0.2, 0) is 0 Å². The lowest BCUT2D eigenvalue weighted by molar-refractivity contribution is 0.0827. The molecular weight excluding hydrogens is 192 g/mol. The third kappa shape index (κ3) is 3.21. The van der Waals surface area contributed by atoms with Crippen molar-refractivity contribution in [3.8, 4) is 0 Å². The molecule has 5 heteroatoms. The van der Waals surface area contributed by atoms with Crippen molar-refractivity contribution < 1.29 is 4.79 Å². The lowest BCUT2D eigenvalue weighted by Gasteiger charge is -2.10. The molecule has 0 atom stereocenters. The van der Waals surface area contributed by atoms with E-state index in [0.717, 1.165) is 5.82 Å². The van der Waals surface area contributed by atoms with E-state index in [0.29, 0.717) is 18.7 Å². The fourth-order valence-electron chi connectivity index (χ4n) is 1.08. The van der Waals surface area contributed by atoms with Gasteiger partial charge in [-0.25, -0.2) is 4.98 Å². The van der Waals surface area contributed by atoms with Crippen LogP contribution in [-0.4, -0.2) is 43.0 Å². The van der Waals surface area contributed by atoms with E-state index < -0.39 is 0 Å². The zero-order valence-corrected chi connectivity index (χ0v) is 9.03. The summed E-state index contributed by atoms with van der Waals surface area (Å²) in [6, 6.07) is 3.51. The molecule has 82 valence electrons. The van der Waals surface area contributed by atoms with Gasteiger partial charge in [0.15, 0.2) is 0 Å². The second-order valence-electron chi connectivity index (χ2n) is 3.35. The lowest BCUT2D eigenvalue weighted by atomic mass is 10.2. The van der Waals surface area contributed by atoms with Gasteiger partial charge in [0.2, 0.25) is 0 Å². The molecule has 0 aliphatic heterocycles. The summed E-state index contributed by atoms with van der Waals surface area (Å²) >= 11 is 0. The molecule has 0 aromatic carbocycles. The van der Waals surface area contributed by atoms with Gasteiger partial charge >= 0.3 is 0 Å². The minimum Gasteiger partial charge on any atom is -0.369 e. The van der Waals surface area contributed by atoms with E-state index in [-0.39, 0.29) is 5.91 Å². The Kier molecular flexibility index (Phi) is 4.05. The summed E-state index contributed by atoms with van der Waals surface area (Å²) in [7, 11) is 3.42. The molecule has 0 saturated carbocycles. The van der Waals surface area contributed by atoms with E-state index in [1.165, 1.54) is 4.90 Å². The Labute approximate surface area is 89.3 Å². The third-order valence-corrected chi connectivity index (χ3v) is 1.87. The van der Waals surface area contributed by atoms with Crippen LogP contribution in [0.2, 0.25) is 0 Å². The molecular formula is C10H16N4O. The molecule has 0 unspecified atom stereocenters. The molecule has 15 heavy (non-hydrogen) atoms. The second-order valence-corrected chi connectivity index (χ2v) is 3.35. The number of nitrogens with two attached hydrogens (primary N) is 1. The van der Waals surface area contributed by atoms with Crippen LogP contribution in [0.3, 0.4) is 0 Å². The van der Waals surface area contributed by atoms with E-state index in [9.17, 15) is 4.79 Å². The molecule has 1 heterocycles. The Morgan fingerprint density at radius 3 is 2.73 bits per heavy atom.